The average molecular weight is 338 g/mol. The van der Waals surface area contributed by atoms with E-state index < -0.39 is 0 Å². The number of aliphatic hydroxyl groups is 3. The molecule has 0 heterocycles. The largest absolute Gasteiger partial charge is 0.396 e. The van der Waals surface area contributed by atoms with Crippen LogP contribution in [0.5, 0.6) is 0 Å². The Morgan fingerprint density at radius 2 is 0.952 bits per heavy atom. The summed E-state index contributed by atoms with van der Waals surface area (Å²) in [5.41, 5.74) is 0. The summed E-state index contributed by atoms with van der Waals surface area (Å²) in [6.07, 6.45) is 6.11. The van der Waals surface area contributed by atoms with E-state index in [1.165, 1.54) is 0 Å². The van der Waals surface area contributed by atoms with Gasteiger partial charge in [-0.2, -0.15) is 18.2 Å². The molecule has 0 aliphatic rings. The van der Waals surface area contributed by atoms with Crippen molar-refractivity contribution in [1.29, 1.82) is 0 Å². The van der Waals surface area contributed by atoms with Crippen LogP contribution in [-0.4, -0.2) is 35.1 Å². The summed E-state index contributed by atoms with van der Waals surface area (Å²) < 4.78 is 0. The monoisotopic (exact) mass is 338 g/mol. The van der Waals surface area contributed by atoms with E-state index in [1.54, 1.807) is 0 Å². The molecule has 0 atom stereocenters. The van der Waals surface area contributed by atoms with Crippen molar-refractivity contribution >= 4 is 0 Å². The molecule has 4 heteroatoms. The number of hydrogen-bond acceptors (Lipinski definition) is 3. The Morgan fingerprint density at radius 3 is 1.00 bits per heavy atom. The van der Waals surface area contributed by atoms with Crippen LogP contribution in [-0.2, 0) is 18.6 Å². The van der Waals surface area contributed by atoms with Crippen molar-refractivity contribution in [1.82, 2.24) is 0 Å². The summed E-state index contributed by atoms with van der Waals surface area (Å²) in [4.78, 5) is 0. The molecular weight excluding hydrogens is 303 g/mol. The molecule has 3 N–H and O–H groups in total. The van der Waals surface area contributed by atoms with Gasteiger partial charge in [-0.25, -0.2) is 12.1 Å². The van der Waals surface area contributed by atoms with E-state index in [4.69, 9.17) is 15.3 Å². The molecule has 0 unspecified atom stereocenters. The van der Waals surface area contributed by atoms with Crippen molar-refractivity contribution in [2.75, 3.05) is 19.8 Å². The van der Waals surface area contributed by atoms with Gasteiger partial charge in [0.05, 0.1) is 0 Å². The molecule has 1 aromatic carbocycles. The number of hydrogen-bond donors (Lipinski definition) is 3. The number of unbranched alkanes of at least 4 members (excludes halogenated alkanes) is 3. The molecule has 1 aromatic rings. The van der Waals surface area contributed by atoms with Gasteiger partial charge in [-0.05, 0) is 19.3 Å². The molecule has 0 spiro atoms. The molecule has 0 aromatic heterocycles. The second-order valence-electron chi connectivity index (χ2n) is 4.19. The average Bonchev–Trinajstić information content (AvgIpc) is 3.02. The van der Waals surface area contributed by atoms with Gasteiger partial charge in [0.2, 0.25) is 0 Å². The minimum absolute atomic E-state index is 0. The zero-order chi connectivity index (χ0) is 15.9. The van der Waals surface area contributed by atoms with Crippen molar-refractivity contribution in [3.05, 3.63) is 30.3 Å². The van der Waals surface area contributed by atoms with Crippen LogP contribution in [0, 0.1) is 0 Å². The van der Waals surface area contributed by atoms with Crippen molar-refractivity contribution < 1.29 is 33.9 Å². The Kier molecular flexibility index (Phi) is 50.6. The fourth-order valence-corrected chi connectivity index (χ4v) is 0.795. The molecule has 0 bridgehead atoms. The van der Waals surface area contributed by atoms with Gasteiger partial charge in [0.1, 0.15) is 0 Å². The van der Waals surface area contributed by atoms with Gasteiger partial charge in [-0.3, -0.25) is 0 Å². The van der Waals surface area contributed by atoms with E-state index in [2.05, 4.69) is 20.8 Å². The van der Waals surface area contributed by atoms with Crippen LogP contribution in [0.15, 0.2) is 30.3 Å². The molecule has 1 rings (SSSR count). The van der Waals surface area contributed by atoms with Crippen LogP contribution in [0.25, 0.3) is 0 Å². The molecule has 0 saturated carbocycles. The maximum absolute atomic E-state index is 8.07. The fourth-order valence-electron chi connectivity index (χ4n) is 0.795. The molecule has 0 saturated heterocycles. The zero-order valence-electron chi connectivity index (χ0n) is 14.0. The first-order valence-corrected chi connectivity index (χ1v) is 7.74. The first kappa shape index (κ1) is 28.9. The third-order valence-electron chi connectivity index (χ3n) is 2.09. The summed E-state index contributed by atoms with van der Waals surface area (Å²) in [5, 5.41) is 24.2. The maximum Gasteiger partial charge on any atom is 0.0430 e. The van der Waals surface area contributed by atoms with Gasteiger partial charge in [0.25, 0.3) is 0 Å². The predicted molar refractivity (Wildman–Crippen MR) is 88.0 cm³/mol. The first-order chi connectivity index (χ1) is 9.74. The zero-order valence-corrected chi connectivity index (χ0v) is 15.4. The second kappa shape index (κ2) is 36.8. The van der Waals surface area contributed by atoms with Gasteiger partial charge >= 0.3 is 0 Å². The number of rotatable bonds is 6. The Bertz CT molecular complexity index is 154. The van der Waals surface area contributed by atoms with Gasteiger partial charge < -0.3 is 15.3 Å². The standard InChI is InChI=1S/C5H5.3C4H10O.V/c1-2-4-5-3-1;3*1-2-3-4-5;/h1-5H;3*5H,2-4H2,1H3;/q-1;;;;. The molecule has 0 amide bonds. The van der Waals surface area contributed by atoms with Crippen LogP contribution in [0.4, 0.5) is 0 Å². The van der Waals surface area contributed by atoms with Gasteiger partial charge in [-0.1, -0.05) is 40.0 Å². The summed E-state index contributed by atoms with van der Waals surface area (Å²) in [5.74, 6) is 0. The van der Waals surface area contributed by atoms with Crippen LogP contribution in [0.2, 0.25) is 0 Å². The molecular formula is C17H35O3V-. The van der Waals surface area contributed by atoms with Crippen molar-refractivity contribution in [3.63, 3.8) is 0 Å². The molecule has 0 fully saturated rings. The molecule has 3 nitrogen and oxygen atoms in total. The molecule has 1 radical (unpaired) electrons. The molecule has 0 aliphatic heterocycles. The summed E-state index contributed by atoms with van der Waals surface area (Å²) in [6.45, 7) is 7.19. The Hall–Kier alpha value is -0.186. The van der Waals surface area contributed by atoms with Gasteiger partial charge in [-0.15, -0.1) is 0 Å². The number of aliphatic hydroxyl groups excluding tert-OH is 3. The quantitative estimate of drug-likeness (QED) is 0.693. The Morgan fingerprint density at radius 1 is 0.667 bits per heavy atom. The Labute approximate surface area is 143 Å². The smallest absolute Gasteiger partial charge is 0.0430 e. The van der Waals surface area contributed by atoms with E-state index in [1.807, 2.05) is 30.3 Å². The maximum atomic E-state index is 8.07. The van der Waals surface area contributed by atoms with E-state index in [0.717, 1.165) is 38.5 Å². The molecule has 0 aliphatic carbocycles. The topological polar surface area (TPSA) is 60.7 Å². The normalized spacial score (nSPS) is 7.90. The minimum atomic E-state index is 0. The van der Waals surface area contributed by atoms with E-state index in [-0.39, 0.29) is 18.6 Å². The van der Waals surface area contributed by atoms with Gasteiger partial charge in [0.15, 0.2) is 0 Å². The molecule has 21 heavy (non-hydrogen) atoms. The van der Waals surface area contributed by atoms with Crippen LogP contribution >= 0.6 is 0 Å². The van der Waals surface area contributed by atoms with E-state index in [9.17, 15) is 0 Å². The van der Waals surface area contributed by atoms with Crippen molar-refractivity contribution in [2.24, 2.45) is 0 Å². The van der Waals surface area contributed by atoms with E-state index >= 15 is 0 Å². The summed E-state index contributed by atoms with van der Waals surface area (Å²) in [6, 6.07) is 10.0. The fraction of sp³-hybridized carbons (Fsp3) is 0.706. The second-order valence-corrected chi connectivity index (χ2v) is 4.19. The van der Waals surface area contributed by atoms with Crippen LogP contribution in [0.1, 0.15) is 59.3 Å². The summed E-state index contributed by atoms with van der Waals surface area (Å²) >= 11 is 0. The Balaban J connectivity index is -0.0000000903. The SMILES string of the molecule is CCCCO.CCCCO.CCCCO.[V].c1cc[cH-]c1. The van der Waals surface area contributed by atoms with Gasteiger partial charge in [0, 0.05) is 38.4 Å². The third kappa shape index (κ3) is 53.8. The minimum Gasteiger partial charge on any atom is -0.396 e. The third-order valence-corrected chi connectivity index (χ3v) is 2.09. The first-order valence-electron chi connectivity index (χ1n) is 7.74. The van der Waals surface area contributed by atoms with E-state index in [0.29, 0.717) is 19.8 Å². The molecule has 127 valence electrons. The van der Waals surface area contributed by atoms with Crippen LogP contribution in [0.3, 0.4) is 0 Å². The van der Waals surface area contributed by atoms with Crippen molar-refractivity contribution in [3.8, 4) is 0 Å². The van der Waals surface area contributed by atoms with Crippen LogP contribution < -0.4 is 0 Å². The predicted octanol–water partition coefficient (Wildman–Crippen LogP) is 3.74. The summed E-state index contributed by atoms with van der Waals surface area (Å²) in [7, 11) is 0. The van der Waals surface area contributed by atoms with Crippen molar-refractivity contribution in [2.45, 2.75) is 59.3 Å².